The topological polar surface area (TPSA) is 74.6 Å². The summed E-state index contributed by atoms with van der Waals surface area (Å²) in [5.74, 6) is 2.14. The van der Waals surface area contributed by atoms with Crippen LogP contribution in [0.3, 0.4) is 0 Å². The highest BCUT2D eigenvalue weighted by atomic mass is 16.5. The maximum Gasteiger partial charge on any atom is 0.263 e. The summed E-state index contributed by atoms with van der Waals surface area (Å²) in [6, 6.07) is 7.70. The van der Waals surface area contributed by atoms with Gasteiger partial charge < -0.3 is 19.7 Å². The molecular weight excluding hydrogens is 342 g/mol. The standard InChI is InChI=1S/C21H29N3O3/c1-15-9-16(2)13-24(12-15)14-18(11-22)21(25)23-8-7-17-5-6-19(26-3)20(10-17)27-4/h5-6,10,14-16H,7-9,12-13H2,1-4H3,(H,23,25)/b18-14-. The van der Waals surface area contributed by atoms with E-state index in [0.29, 0.717) is 36.3 Å². The van der Waals surface area contributed by atoms with Crippen molar-refractivity contribution < 1.29 is 14.3 Å². The number of piperidine rings is 1. The first kappa shape index (κ1) is 20.6. The van der Waals surface area contributed by atoms with Crippen molar-refractivity contribution in [1.82, 2.24) is 10.2 Å². The minimum absolute atomic E-state index is 0.156. The van der Waals surface area contributed by atoms with Crippen molar-refractivity contribution in [3.63, 3.8) is 0 Å². The Bertz CT molecular complexity index is 714. The smallest absolute Gasteiger partial charge is 0.263 e. The molecule has 1 aliphatic rings. The minimum Gasteiger partial charge on any atom is -0.493 e. The number of amides is 1. The molecule has 2 unspecified atom stereocenters. The van der Waals surface area contributed by atoms with E-state index in [2.05, 4.69) is 24.1 Å². The Labute approximate surface area is 161 Å². The zero-order chi connectivity index (χ0) is 19.8. The number of hydrogen-bond acceptors (Lipinski definition) is 5. The second-order valence-corrected chi connectivity index (χ2v) is 7.25. The summed E-state index contributed by atoms with van der Waals surface area (Å²) in [4.78, 5) is 14.4. The van der Waals surface area contributed by atoms with Crippen LogP contribution in [0.2, 0.25) is 0 Å². The van der Waals surface area contributed by atoms with E-state index in [9.17, 15) is 10.1 Å². The Kier molecular flexibility index (Phi) is 7.54. The highest BCUT2D eigenvalue weighted by Gasteiger charge is 2.21. The van der Waals surface area contributed by atoms with Crippen molar-refractivity contribution in [2.45, 2.75) is 26.7 Å². The molecule has 0 aliphatic carbocycles. The van der Waals surface area contributed by atoms with E-state index in [0.717, 1.165) is 18.7 Å². The molecule has 1 saturated heterocycles. The van der Waals surface area contributed by atoms with Gasteiger partial charge in [0.1, 0.15) is 11.6 Å². The van der Waals surface area contributed by atoms with E-state index in [1.54, 1.807) is 20.4 Å². The molecule has 1 amide bonds. The predicted molar refractivity (Wildman–Crippen MR) is 104 cm³/mol. The molecule has 1 aliphatic heterocycles. The minimum atomic E-state index is -0.330. The van der Waals surface area contributed by atoms with Crippen LogP contribution in [0.1, 0.15) is 25.8 Å². The number of carbonyl (C=O) groups excluding carboxylic acids is 1. The first-order valence-corrected chi connectivity index (χ1v) is 9.31. The molecule has 1 fully saturated rings. The number of rotatable bonds is 7. The average molecular weight is 371 g/mol. The van der Waals surface area contributed by atoms with Gasteiger partial charge in [-0.3, -0.25) is 4.79 Å². The van der Waals surface area contributed by atoms with E-state index in [4.69, 9.17) is 9.47 Å². The van der Waals surface area contributed by atoms with Crippen LogP contribution >= 0.6 is 0 Å². The summed E-state index contributed by atoms with van der Waals surface area (Å²) in [7, 11) is 3.19. The van der Waals surface area contributed by atoms with Gasteiger partial charge in [0.2, 0.25) is 0 Å². The van der Waals surface area contributed by atoms with Gasteiger partial charge in [-0.1, -0.05) is 19.9 Å². The highest BCUT2D eigenvalue weighted by Crippen LogP contribution is 2.27. The highest BCUT2D eigenvalue weighted by molar-refractivity contribution is 5.97. The molecule has 1 heterocycles. The molecule has 0 saturated carbocycles. The average Bonchev–Trinajstić information content (AvgIpc) is 2.65. The number of hydrogen-bond donors (Lipinski definition) is 1. The van der Waals surface area contributed by atoms with E-state index in [1.807, 2.05) is 24.3 Å². The summed E-state index contributed by atoms with van der Waals surface area (Å²) in [5.41, 5.74) is 1.18. The van der Waals surface area contributed by atoms with Crippen molar-refractivity contribution in [1.29, 1.82) is 5.26 Å². The fraction of sp³-hybridized carbons (Fsp3) is 0.524. The number of benzene rings is 1. The molecule has 6 nitrogen and oxygen atoms in total. The fourth-order valence-electron chi connectivity index (χ4n) is 3.59. The van der Waals surface area contributed by atoms with Gasteiger partial charge >= 0.3 is 0 Å². The Balaban J connectivity index is 1.92. The van der Waals surface area contributed by atoms with E-state index >= 15 is 0 Å². The van der Waals surface area contributed by atoms with Crippen LogP contribution in [0.15, 0.2) is 30.0 Å². The largest absolute Gasteiger partial charge is 0.493 e. The van der Waals surface area contributed by atoms with Gasteiger partial charge in [0.25, 0.3) is 5.91 Å². The number of ether oxygens (including phenoxy) is 2. The van der Waals surface area contributed by atoms with Crippen molar-refractivity contribution in [2.75, 3.05) is 33.9 Å². The summed E-state index contributed by atoms with van der Waals surface area (Å²) in [6.07, 6.45) is 3.53. The maximum atomic E-state index is 12.4. The van der Waals surface area contributed by atoms with E-state index in [1.165, 1.54) is 6.42 Å². The Hall–Kier alpha value is -2.68. The normalized spacial score (nSPS) is 20.0. The van der Waals surface area contributed by atoms with Gasteiger partial charge in [0, 0.05) is 25.8 Å². The maximum absolute atomic E-state index is 12.4. The Morgan fingerprint density at radius 1 is 1.26 bits per heavy atom. The van der Waals surface area contributed by atoms with Crippen LogP contribution in [-0.2, 0) is 11.2 Å². The quantitative estimate of drug-likeness (QED) is 0.589. The number of likely N-dealkylation sites (tertiary alicyclic amines) is 1. The van der Waals surface area contributed by atoms with Gasteiger partial charge in [-0.05, 0) is 42.4 Å². The fourth-order valence-corrected chi connectivity index (χ4v) is 3.59. The third kappa shape index (κ3) is 5.92. The second-order valence-electron chi connectivity index (χ2n) is 7.25. The van der Waals surface area contributed by atoms with Crippen LogP contribution in [0.4, 0.5) is 0 Å². The molecule has 0 spiro atoms. The lowest BCUT2D eigenvalue weighted by molar-refractivity contribution is -0.117. The van der Waals surface area contributed by atoms with Crippen molar-refractivity contribution >= 4 is 5.91 Å². The number of methoxy groups -OCH3 is 2. The molecule has 6 heteroatoms. The van der Waals surface area contributed by atoms with E-state index < -0.39 is 0 Å². The number of nitrogens with zero attached hydrogens (tertiary/aromatic N) is 2. The summed E-state index contributed by atoms with van der Waals surface area (Å²) >= 11 is 0. The lowest BCUT2D eigenvalue weighted by Gasteiger charge is -2.34. The molecule has 0 bridgehead atoms. The van der Waals surface area contributed by atoms with Gasteiger partial charge in [0.15, 0.2) is 11.5 Å². The molecule has 0 aromatic heterocycles. The monoisotopic (exact) mass is 371 g/mol. The Morgan fingerprint density at radius 2 is 1.93 bits per heavy atom. The van der Waals surface area contributed by atoms with Crippen LogP contribution in [0.25, 0.3) is 0 Å². The van der Waals surface area contributed by atoms with Crippen LogP contribution in [0, 0.1) is 23.2 Å². The zero-order valence-electron chi connectivity index (χ0n) is 16.6. The molecule has 2 rings (SSSR count). The summed E-state index contributed by atoms with van der Waals surface area (Å²) in [6.45, 7) is 6.61. The van der Waals surface area contributed by atoms with Crippen LogP contribution in [-0.4, -0.2) is 44.7 Å². The molecular formula is C21H29N3O3. The molecule has 1 aromatic carbocycles. The van der Waals surface area contributed by atoms with Crippen molar-refractivity contribution in [2.24, 2.45) is 11.8 Å². The SMILES string of the molecule is COc1ccc(CCNC(=O)/C(C#N)=C\N2CC(C)CC(C)C2)cc1OC. The molecule has 146 valence electrons. The lowest BCUT2D eigenvalue weighted by atomic mass is 9.92. The van der Waals surface area contributed by atoms with Crippen LogP contribution in [0.5, 0.6) is 11.5 Å². The van der Waals surface area contributed by atoms with Crippen molar-refractivity contribution in [3.8, 4) is 17.6 Å². The second kappa shape index (κ2) is 9.86. The first-order chi connectivity index (χ1) is 13.0. The summed E-state index contributed by atoms with van der Waals surface area (Å²) in [5, 5.41) is 12.2. The van der Waals surface area contributed by atoms with Gasteiger partial charge in [0.05, 0.1) is 14.2 Å². The first-order valence-electron chi connectivity index (χ1n) is 9.31. The van der Waals surface area contributed by atoms with Gasteiger partial charge in [-0.25, -0.2) is 0 Å². The third-order valence-electron chi connectivity index (χ3n) is 4.72. The summed E-state index contributed by atoms with van der Waals surface area (Å²) < 4.78 is 10.5. The third-order valence-corrected chi connectivity index (χ3v) is 4.72. The molecule has 2 atom stereocenters. The number of carbonyl (C=O) groups is 1. The predicted octanol–water partition coefficient (Wildman–Crippen LogP) is 2.75. The van der Waals surface area contributed by atoms with Gasteiger partial charge in [-0.15, -0.1) is 0 Å². The number of nitriles is 1. The molecule has 0 radical (unpaired) electrons. The number of nitrogens with one attached hydrogen (secondary N) is 1. The van der Waals surface area contributed by atoms with Crippen molar-refractivity contribution in [3.05, 3.63) is 35.5 Å². The zero-order valence-corrected chi connectivity index (χ0v) is 16.6. The van der Waals surface area contributed by atoms with E-state index in [-0.39, 0.29) is 11.5 Å². The van der Waals surface area contributed by atoms with Crippen LogP contribution < -0.4 is 14.8 Å². The molecule has 27 heavy (non-hydrogen) atoms. The molecule has 1 N–H and O–H groups in total. The Morgan fingerprint density at radius 3 is 2.52 bits per heavy atom. The lowest BCUT2D eigenvalue weighted by Crippen LogP contribution is -2.36. The molecule has 1 aromatic rings. The van der Waals surface area contributed by atoms with Gasteiger partial charge in [-0.2, -0.15) is 5.26 Å².